The smallest absolute Gasteiger partial charge is 0.104 e. The van der Waals surface area contributed by atoms with Crippen LogP contribution in [0.25, 0.3) is 0 Å². The van der Waals surface area contributed by atoms with E-state index >= 15 is 0 Å². The van der Waals surface area contributed by atoms with Crippen LogP contribution in [0.2, 0.25) is 0 Å². The van der Waals surface area contributed by atoms with Gasteiger partial charge in [-0.05, 0) is 19.3 Å². The summed E-state index contributed by atoms with van der Waals surface area (Å²) in [6.07, 6.45) is 22.9. The molecule has 0 amide bonds. The Hall–Kier alpha value is -0.530. The lowest BCUT2D eigenvalue weighted by molar-refractivity contribution is -0.923. The molecule has 0 aromatic heterocycles. The Bertz CT molecular complexity index is 461. The number of nitrogens with zero attached hydrogens (tertiary/aromatic N) is 1. The van der Waals surface area contributed by atoms with E-state index in [1.807, 2.05) is 0 Å². The molecule has 1 unspecified atom stereocenters. The third kappa shape index (κ3) is 16.2. The van der Waals surface area contributed by atoms with Crippen molar-refractivity contribution in [2.24, 2.45) is 0 Å². The lowest BCUT2D eigenvalue weighted by Gasteiger charge is -2.35. The second kappa shape index (κ2) is 20.4. The van der Waals surface area contributed by atoms with Crippen LogP contribution in [0.3, 0.4) is 0 Å². The van der Waals surface area contributed by atoms with Gasteiger partial charge in [-0.1, -0.05) is 128 Å². The van der Waals surface area contributed by atoms with E-state index in [-0.39, 0.29) is 12.4 Å². The minimum Gasteiger partial charge on any atom is -1.00 e. The average molecular weight is 438 g/mol. The van der Waals surface area contributed by atoms with Crippen LogP contribution in [0.1, 0.15) is 122 Å². The van der Waals surface area contributed by atoms with Crippen LogP contribution in [0.15, 0.2) is 30.3 Å². The zero-order valence-corrected chi connectivity index (χ0v) is 21.4. The Labute approximate surface area is 196 Å². The molecule has 1 nitrogen and oxygen atoms in total. The van der Waals surface area contributed by atoms with E-state index in [0.717, 1.165) is 0 Å². The second-order valence-corrected chi connectivity index (χ2v) is 9.66. The Morgan fingerprint density at radius 3 is 1.40 bits per heavy atom. The van der Waals surface area contributed by atoms with Crippen molar-refractivity contribution in [1.82, 2.24) is 0 Å². The molecule has 0 saturated heterocycles. The molecule has 30 heavy (non-hydrogen) atoms. The van der Waals surface area contributed by atoms with Crippen LogP contribution >= 0.6 is 0 Å². The molecule has 0 N–H and O–H groups in total. The van der Waals surface area contributed by atoms with Gasteiger partial charge in [0.15, 0.2) is 0 Å². The fourth-order valence-electron chi connectivity index (χ4n) is 4.52. The summed E-state index contributed by atoms with van der Waals surface area (Å²) in [6.45, 7) is 8.48. The number of benzene rings is 1. The molecule has 0 fully saturated rings. The molecule has 2 heteroatoms. The fourth-order valence-corrected chi connectivity index (χ4v) is 4.52. The van der Waals surface area contributed by atoms with E-state index in [1.54, 1.807) is 0 Å². The summed E-state index contributed by atoms with van der Waals surface area (Å²) in [5.74, 6) is 0. The Balaban J connectivity index is 0.00000841. The van der Waals surface area contributed by atoms with Crippen molar-refractivity contribution in [3.8, 4) is 0 Å². The van der Waals surface area contributed by atoms with Gasteiger partial charge >= 0.3 is 0 Å². The normalized spacial score (nSPS) is 13.0. The van der Waals surface area contributed by atoms with Crippen LogP contribution in [-0.2, 0) is 6.54 Å². The number of rotatable bonds is 20. The van der Waals surface area contributed by atoms with Gasteiger partial charge in [-0.3, -0.25) is 0 Å². The van der Waals surface area contributed by atoms with Crippen molar-refractivity contribution in [2.75, 3.05) is 20.1 Å². The summed E-state index contributed by atoms with van der Waals surface area (Å²) < 4.78 is 1.22. The van der Waals surface area contributed by atoms with Crippen LogP contribution in [-0.4, -0.2) is 24.6 Å². The number of unbranched alkanes of at least 4 members (excludes halogenated alkanes) is 14. The number of quaternary nitrogens is 1. The zero-order valence-electron chi connectivity index (χ0n) is 20.6. The van der Waals surface area contributed by atoms with Crippen molar-refractivity contribution < 1.29 is 16.9 Å². The molecule has 0 saturated carbocycles. The van der Waals surface area contributed by atoms with Crippen molar-refractivity contribution in [3.63, 3.8) is 0 Å². The molecule has 0 aliphatic rings. The van der Waals surface area contributed by atoms with Crippen molar-refractivity contribution in [2.45, 2.75) is 123 Å². The first-order valence-corrected chi connectivity index (χ1v) is 13.1. The molecular formula is C28H52ClN. The van der Waals surface area contributed by atoms with Crippen molar-refractivity contribution in [3.05, 3.63) is 35.9 Å². The molecule has 0 radical (unpaired) electrons. The minimum atomic E-state index is 0. The molecule has 1 atom stereocenters. The van der Waals surface area contributed by atoms with E-state index in [1.165, 1.54) is 132 Å². The van der Waals surface area contributed by atoms with Crippen LogP contribution < -0.4 is 12.4 Å². The molecule has 0 heterocycles. The quantitative estimate of drug-likeness (QED) is 0.175. The third-order valence-corrected chi connectivity index (χ3v) is 6.51. The maximum Gasteiger partial charge on any atom is 0.104 e. The molecular weight excluding hydrogens is 386 g/mol. The molecule has 1 aromatic carbocycles. The maximum atomic E-state index is 2.48. The van der Waals surface area contributed by atoms with Gasteiger partial charge in [-0.25, -0.2) is 0 Å². The average Bonchev–Trinajstić information content (AvgIpc) is 2.73. The summed E-state index contributed by atoms with van der Waals surface area (Å²) in [5.41, 5.74) is 1.50. The summed E-state index contributed by atoms with van der Waals surface area (Å²) in [6, 6.07) is 11.1. The molecule has 176 valence electrons. The molecule has 0 spiro atoms. The molecule has 1 rings (SSSR count). The van der Waals surface area contributed by atoms with Crippen molar-refractivity contribution >= 4 is 0 Å². The third-order valence-electron chi connectivity index (χ3n) is 6.51. The lowest BCUT2D eigenvalue weighted by atomic mass is 10.0. The first-order valence-electron chi connectivity index (χ1n) is 13.1. The predicted octanol–water partition coefficient (Wildman–Crippen LogP) is 5.92. The van der Waals surface area contributed by atoms with E-state index in [0.29, 0.717) is 0 Å². The number of hydrogen-bond acceptors (Lipinski definition) is 0. The highest BCUT2D eigenvalue weighted by molar-refractivity contribution is 5.13. The second-order valence-electron chi connectivity index (χ2n) is 9.66. The topological polar surface area (TPSA) is 0 Å². The largest absolute Gasteiger partial charge is 1.00 e. The highest BCUT2D eigenvalue weighted by atomic mass is 35.5. The van der Waals surface area contributed by atoms with Crippen LogP contribution in [0.4, 0.5) is 0 Å². The van der Waals surface area contributed by atoms with Crippen LogP contribution in [0, 0.1) is 0 Å². The van der Waals surface area contributed by atoms with Crippen LogP contribution in [0.5, 0.6) is 0 Å². The lowest BCUT2D eigenvalue weighted by Crippen LogP contribution is -3.00. The van der Waals surface area contributed by atoms with E-state index < -0.39 is 0 Å². The predicted molar refractivity (Wildman–Crippen MR) is 131 cm³/mol. The molecule has 0 bridgehead atoms. The van der Waals surface area contributed by atoms with Gasteiger partial charge in [0.25, 0.3) is 0 Å². The first-order chi connectivity index (χ1) is 14.2. The number of halogens is 1. The Kier molecular flexibility index (Phi) is 20.0. The Morgan fingerprint density at radius 1 is 0.533 bits per heavy atom. The van der Waals surface area contributed by atoms with E-state index in [4.69, 9.17) is 0 Å². The van der Waals surface area contributed by atoms with Gasteiger partial charge in [0.2, 0.25) is 0 Å². The highest BCUT2D eigenvalue weighted by Gasteiger charge is 2.20. The van der Waals surface area contributed by atoms with Gasteiger partial charge in [0.1, 0.15) is 6.54 Å². The molecule has 0 aliphatic carbocycles. The fraction of sp³-hybridized carbons (Fsp3) is 0.786. The van der Waals surface area contributed by atoms with Gasteiger partial charge in [0, 0.05) is 5.56 Å². The molecule has 1 aromatic rings. The Morgan fingerprint density at radius 2 is 0.933 bits per heavy atom. The molecule has 0 aliphatic heterocycles. The standard InChI is InChI=1S/C28H52N.ClH/c1-4-6-8-9-10-11-12-13-14-15-16-17-18-22-26-29(3,25-7-5-2)27-28-23-20-19-21-24-28;/h19-21,23-24H,4-18,22,25-27H2,1-3H3;1H/q+1;/p-1. The summed E-state index contributed by atoms with van der Waals surface area (Å²) in [5, 5.41) is 0. The SMILES string of the molecule is CCCCCCCCCCCCCCCC[N+](C)(CCCC)Cc1ccccc1.[Cl-]. The van der Waals surface area contributed by atoms with Gasteiger partial charge in [-0.15, -0.1) is 0 Å². The maximum absolute atomic E-state index is 2.48. The number of hydrogen-bond donors (Lipinski definition) is 0. The monoisotopic (exact) mass is 437 g/mol. The van der Waals surface area contributed by atoms with E-state index in [2.05, 4.69) is 51.2 Å². The zero-order chi connectivity index (χ0) is 21.0. The summed E-state index contributed by atoms with van der Waals surface area (Å²) in [4.78, 5) is 0. The first kappa shape index (κ1) is 29.5. The van der Waals surface area contributed by atoms with Crippen molar-refractivity contribution in [1.29, 1.82) is 0 Å². The highest BCUT2D eigenvalue weighted by Crippen LogP contribution is 2.17. The van der Waals surface area contributed by atoms with E-state index in [9.17, 15) is 0 Å². The minimum absolute atomic E-state index is 0. The summed E-state index contributed by atoms with van der Waals surface area (Å²) in [7, 11) is 2.48. The van der Waals surface area contributed by atoms with Gasteiger partial charge in [0.05, 0.1) is 20.1 Å². The van der Waals surface area contributed by atoms with Gasteiger partial charge in [-0.2, -0.15) is 0 Å². The summed E-state index contributed by atoms with van der Waals surface area (Å²) >= 11 is 0. The van der Waals surface area contributed by atoms with Gasteiger partial charge < -0.3 is 16.9 Å².